The Morgan fingerprint density at radius 3 is 2.19 bits per heavy atom. The zero-order chi connectivity index (χ0) is 12.1. The molecule has 0 fully saturated rings. The van der Waals surface area contributed by atoms with Crippen LogP contribution in [0.4, 0.5) is 0 Å². The third kappa shape index (κ3) is 3.08. The highest BCUT2D eigenvalue weighted by atomic mass is 16.5. The molecular weight excluding hydrogens is 220 g/mol. The van der Waals surface area contributed by atoms with Crippen LogP contribution in [-0.4, -0.2) is 51.2 Å². The maximum atomic E-state index is 11.6. The maximum Gasteiger partial charge on any atom is 0.323 e. The van der Waals surface area contributed by atoms with Crippen molar-refractivity contribution in [3.63, 3.8) is 0 Å². The Bertz CT molecular complexity index is 383. The van der Waals surface area contributed by atoms with Gasteiger partial charge in [-0.3, -0.25) is 14.4 Å². The van der Waals surface area contributed by atoms with Crippen molar-refractivity contribution in [3.05, 3.63) is 18.0 Å². The number of aromatic nitrogens is 1. The van der Waals surface area contributed by atoms with Crippen LogP contribution in [0.5, 0.6) is 0 Å². The minimum atomic E-state index is -1.31. The standard InChI is InChI=1S/C8H8N2O6/c11-6(12)3-10(4-7(13)14)8(15)5-1-2-16-9-5/h1-2H,3-4H2,(H,11,12)(H,13,14). The lowest BCUT2D eigenvalue weighted by atomic mass is 10.3. The van der Waals surface area contributed by atoms with Crippen LogP contribution in [-0.2, 0) is 9.59 Å². The second-order valence-corrected chi connectivity index (χ2v) is 2.83. The fraction of sp³-hybridized carbons (Fsp3) is 0.250. The molecule has 1 aromatic heterocycles. The molecule has 8 heteroatoms. The predicted molar refractivity (Wildman–Crippen MR) is 47.7 cm³/mol. The van der Waals surface area contributed by atoms with Gasteiger partial charge in [0, 0.05) is 6.07 Å². The Morgan fingerprint density at radius 2 is 1.81 bits per heavy atom. The van der Waals surface area contributed by atoms with E-state index in [9.17, 15) is 14.4 Å². The SMILES string of the molecule is O=C(O)CN(CC(=O)O)C(=O)c1ccon1. The lowest BCUT2D eigenvalue weighted by Crippen LogP contribution is -2.39. The Labute approximate surface area is 89.1 Å². The minimum Gasteiger partial charge on any atom is -0.480 e. The third-order valence-corrected chi connectivity index (χ3v) is 1.60. The number of aliphatic carboxylic acids is 2. The first-order valence-electron chi connectivity index (χ1n) is 4.14. The van der Waals surface area contributed by atoms with E-state index < -0.39 is 30.9 Å². The molecule has 16 heavy (non-hydrogen) atoms. The summed E-state index contributed by atoms with van der Waals surface area (Å²) >= 11 is 0. The normalized spacial score (nSPS) is 9.75. The van der Waals surface area contributed by atoms with Crippen LogP contribution in [0.1, 0.15) is 10.5 Å². The largest absolute Gasteiger partial charge is 0.480 e. The summed E-state index contributed by atoms with van der Waals surface area (Å²) in [6.07, 6.45) is 1.13. The number of hydrogen-bond donors (Lipinski definition) is 2. The van der Waals surface area contributed by atoms with Crippen molar-refractivity contribution < 1.29 is 29.1 Å². The van der Waals surface area contributed by atoms with Gasteiger partial charge in [-0.1, -0.05) is 5.16 Å². The summed E-state index contributed by atoms with van der Waals surface area (Å²) in [7, 11) is 0. The van der Waals surface area contributed by atoms with Crippen LogP contribution in [0.15, 0.2) is 16.9 Å². The van der Waals surface area contributed by atoms with E-state index >= 15 is 0 Å². The van der Waals surface area contributed by atoms with Crippen LogP contribution in [0.2, 0.25) is 0 Å². The van der Waals surface area contributed by atoms with Crippen molar-refractivity contribution in [1.82, 2.24) is 10.1 Å². The topological polar surface area (TPSA) is 121 Å². The van der Waals surface area contributed by atoms with E-state index in [4.69, 9.17) is 10.2 Å². The van der Waals surface area contributed by atoms with Gasteiger partial charge >= 0.3 is 11.9 Å². The van der Waals surface area contributed by atoms with E-state index in [2.05, 4.69) is 9.68 Å². The van der Waals surface area contributed by atoms with E-state index in [1.54, 1.807) is 0 Å². The lowest BCUT2D eigenvalue weighted by molar-refractivity contribution is -0.140. The fourth-order valence-corrected chi connectivity index (χ4v) is 1.01. The van der Waals surface area contributed by atoms with Crippen molar-refractivity contribution in [2.45, 2.75) is 0 Å². The molecule has 0 aliphatic rings. The van der Waals surface area contributed by atoms with Crippen LogP contribution in [0.3, 0.4) is 0 Å². The first-order chi connectivity index (χ1) is 7.50. The molecule has 0 saturated carbocycles. The maximum absolute atomic E-state index is 11.6. The highest BCUT2D eigenvalue weighted by Gasteiger charge is 2.22. The molecule has 0 radical (unpaired) electrons. The first kappa shape index (κ1) is 11.7. The second-order valence-electron chi connectivity index (χ2n) is 2.83. The van der Waals surface area contributed by atoms with Crippen LogP contribution in [0, 0.1) is 0 Å². The summed E-state index contributed by atoms with van der Waals surface area (Å²) in [5, 5.41) is 20.3. The van der Waals surface area contributed by atoms with Gasteiger partial charge in [-0.05, 0) is 0 Å². The zero-order valence-corrected chi connectivity index (χ0v) is 7.99. The molecule has 1 amide bonds. The number of hydrogen-bond acceptors (Lipinski definition) is 5. The molecule has 0 aliphatic carbocycles. The lowest BCUT2D eigenvalue weighted by Gasteiger charge is -2.16. The quantitative estimate of drug-likeness (QED) is 0.682. The summed E-state index contributed by atoms with van der Waals surface area (Å²) in [6, 6.07) is 1.22. The smallest absolute Gasteiger partial charge is 0.323 e. The minimum absolute atomic E-state index is 0.137. The van der Waals surface area contributed by atoms with E-state index in [0.29, 0.717) is 4.90 Å². The molecule has 0 atom stereocenters. The van der Waals surface area contributed by atoms with Crippen molar-refractivity contribution in [3.8, 4) is 0 Å². The second kappa shape index (κ2) is 4.91. The summed E-state index contributed by atoms with van der Waals surface area (Å²) in [5.41, 5.74) is -0.137. The number of nitrogens with zero attached hydrogens (tertiary/aromatic N) is 2. The molecule has 1 rings (SSSR count). The molecule has 0 aromatic carbocycles. The van der Waals surface area contributed by atoms with Crippen LogP contribution in [0.25, 0.3) is 0 Å². The van der Waals surface area contributed by atoms with Gasteiger partial charge in [-0.15, -0.1) is 0 Å². The van der Waals surface area contributed by atoms with E-state index in [1.165, 1.54) is 6.07 Å². The average Bonchev–Trinajstić information content (AvgIpc) is 2.66. The number of amides is 1. The summed E-state index contributed by atoms with van der Waals surface area (Å²) in [5.74, 6) is -3.42. The summed E-state index contributed by atoms with van der Waals surface area (Å²) < 4.78 is 4.40. The number of carboxylic acids is 2. The zero-order valence-electron chi connectivity index (χ0n) is 7.99. The molecule has 0 aliphatic heterocycles. The van der Waals surface area contributed by atoms with Crippen LogP contribution >= 0.6 is 0 Å². The number of rotatable bonds is 5. The summed E-state index contributed by atoms with van der Waals surface area (Å²) in [4.78, 5) is 33.1. The molecular formula is C8H8N2O6. The first-order valence-corrected chi connectivity index (χ1v) is 4.14. The van der Waals surface area contributed by atoms with Gasteiger partial charge in [0.15, 0.2) is 5.69 Å². The molecule has 0 saturated heterocycles. The van der Waals surface area contributed by atoms with Crippen molar-refractivity contribution >= 4 is 17.8 Å². The van der Waals surface area contributed by atoms with Crippen LogP contribution < -0.4 is 0 Å². The van der Waals surface area contributed by atoms with E-state index in [1.807, 2.05) is 0 Å². The average molecular weight is 228 g/mol. The van der Waals surface area contributed by atoms with Gasteiger partial charge in [0.1, 0.15) is 19.4 Å². The van der Waals surface area contributed by atoms with Gasteiger partial charge < -0.3 is 19.6 Å². The molecule has 86 valence electrons. The highest BCUT2D eigenvalue weighted by molar-refractivity contribution is 5.95. The Kier molecular flexibility index (Phi) is 3.59. The highest BCUT2D eigenvalue weighted by Crippen LogP contribution is 2.01. The molecule has 1 aromatic rings. The van der Waals surface area contributed by atoms with E-state index in [-0.39, 0.29) is 5.69 Å². The van der Waals surface area contributed by atoms with Gasteiger partial charge in [-0.2, -0.15) is 0 Å². The molecule has 1 heterocycles. The van der Waals surface area contributed by atoms with Gasteiger partial charge in [0.05, 0.1) is 0 Å². The molecule has 0 spiro atoms. The van der Waals surface area contributed by atoms with Crippen molar-refractivity contribution in [2.24, 2.45) is 0 Å². The number of carbonyl (C=O) groups excluding carboxylic acids is 1. The van der Waals surface area contributed by atoms with E-state index in [0.717, 1.165) is 6.26 Å². The number of carboxylic acid groups (broad SMARTS) is 2. The van der Waals surface area contributed by atoms with Crippen molar-refractivity contribution in [1.29, 1.82) is 0 Å². The molecule has 0 unspecified atom stereocenters. The van der Waals surface area contributed by atoms with Gasteiger partial charge in [0.25, 0.3) is 5.91 Å². The Morgan fingerprint density at radius 1 is 1.25 bits per heavy atom. The molecule has 2 N–H and O–H groups in total. The Hall–Kier alpha value is -2.38. The summed E-state index contributed by atoms with van der Waals surface area (Å²) in [6.45, 7) is -1.42. The van der Waals surface area contributed by atoms with Gasteiger partial charge in [-0.25, -0.2) is 0 Å². The molecule has 0 bridgehead atoms. The monoisotopic (exact) mass is 228 g/mol. The number of carbonyl (C=O) groups is 3. The molecule has 8 nitrogen and oxygen atoms in total. The van der Waals surface area contributed by atoms with Crippen molar-refractivity contribution in [2.75, 3.05) is 13.1 Å². The Balaban J connectivity index is 2.79. The third-order valence-electron chi connectivity index (χ3n) is 1.60. The predicted octanol–water partition coefficient (Wildman–Crippen LogP) is -0.714. The fourth-order valence-electron chi connectivity index (χ4n) is 1.01. The van der Waals surface area contributed by atoms with Gasteiger partial charge in [0.2, 0.25) is 0 Å².